The number of carbonyl (C=O) groups is 2. The summed E-state index contributed by atoms with van der Waals surface area (Å²) in [5, 5.41) is 4.86. The van der Waals surface area contributed by atoms with E-state index in [9.17, 15) is 9.59 Å². The van der Waals surface area contributed by atoms with Gasteiger partial charge in [-0.2, -0.15) is 0 Å². The summed E-state index contributed by atoms with van der Waals surface area (Å²) < 4.78 is 9.92. The van der Waals surface area contributed by atoms with Gasteiger partial charge in [-0.05, 0) is 31.2 Å². The maximum Gasteiger partial charge on any atom is 0.338 e. The van der Waals surface area contributed by atoms with Crippen LogP contribution >= 0.6 is 11.3 Å². The lowest BCUT2D eigenvalue weighted by atomic mass is 10.2. The summed E-state index contributed by atoms with van der Waals surface area (Å²) in [6.07, 6.45) is 0. The molecular formula is C14H14N2O4S. The molecule has 1 N–H and O–H groups in total. The lowest BCUT2D eigenvalue weighted by Gasteiger charge is -2.05. The predicted octanol–water partition coefficient (Wildman–Crippen LogP) is 2.26. The summed E-state index contributed by atoms with van der Waals surface area (Å²) in [5.41, 5.74) is 1.18. The Morgan fingerprint density at radius 3 is 2.57 bits per heavy atom. The predicted molar refractivity (Wildman–Crippen MR) is 78.8 cm³/mol. The summed E-state index contributed by atoms with van der Waals surface area (Å²) in [4.78, 5) is 27.5. The second kappa shape index (κ2) is 6.85. The number of ether oxygens (including phenoxy) is 2. The molecule has 1 heterocycles. The molecule has 2 rings (SSSR count). The molecular weight excluding hydrogens is 292 g/mol. The number of hydrogen-bond acceptors (Lipinski definition) is 6. The fourth-order valence-corrected chi connectivity index (χ4v) is 2.21. The number of hydrogen-bond donors (Lipinski definition) is 1. The third kappa shape index (κ3) is 4.28. The number of aromatic nitrogens is 1. The normalized spacial score (nSPS) is 10.0. The molecule has 0 atom stereocenters. The molecule has 110 valence electrons. The van der Waals surface area contributed by atoms with Crippen LogP contribution in [0.25, 0.3) is 0 Å². The molecule has 2 aromatic rings. The Balaban J connectivity index is 1.83. The van der Waals surface area contributed by atoms with Crippen LogP contribution in [-0.2, 0) is 9.53 Å². The van der Waals surface area contributed by atoms with E-state index >= 15 is 0 Å². The summed E-state index contributed by atoms with van der Waals surface area (Å²) in [6, 6.07) is 6.44. The number of benzene rings is 1. The Morgan fingerprint density at radius 1 is 1.29 bits per heavy atom. The summed E-state index contributed by atoms with van der Waals surface area (Å²) in [6.45, 7) is 1.47. The molecule has 6 nitrogen and oxygen atoms in total. The highest BCUT2D eigenvalue weighted by Gasteiger charge is 2.11. The largest absolute Gasteiger partial charge is 0.497 e. The van der Waals surface area contributed by atoms with Crippen LogP contribution in [0.1, 0.15) is 16.1 Å². The minimum Gasteiger partial charge on any atom is -0.497 e. The fraction of sp³-hybridized carbons (Fsp3) is 0.214. The van der Waals surface area contributed by atoms with E-state index in [0.29, 0.717) is 16.4 Å². The molecule has 0 saturated heterocycles. The first-order chi connectivity index (χ1) is 10.1. The van der Waals surface area contributed by atoms with Crippen molar-refractivity contribution in [2.45, 2.75) is 6.92 Å². The van der Waals surface area contributed by atoms with Gasteiger partial charge >= 0.3 is 5.97 Å². The van der Waals surface area contributed by atoms with E-state index in [0.717, 1.165) is 5.69 Å². The quantitative estimate of drug-likeness (QED) is 0.857. The van der Waals surface area contributed by atoms with Gasteiger partial charge in [-0.1, -0.05) is 0 Å². The van der Waals surface area contributed by atoms with E-state index in [1.54, 1.807) is 24.3 Å². The summed E-state index contributed by atoms with van der Waals surface area (Å²) in [7, 11) is 1.54. The number of anilines is 1. The number of carbonyl (C=O) groups excluding carboxylic acids is 2. The van der Waals surface area contributed by atoms with Crippen molar-refractivity contribution >= 4 is 28.3 Å². The average molecular weight is 306 g/mol. The second-order valence-electron chi connectivity index (χ2n) is 4.15. The lowest BCUT2D eigenvalue weighted by Crippen LogP contribution is -2.20. The van der Waals surface area contributed by atoms with Crippen LogP contribution in [0.2, 0.25) is 0 Å². The summed E-state index contributed by atoms with van der Waals surface area (Å²) >= 11 is 1.32. The maximum atomic E-state index is 11.7. The molecule has 21 heavy (non-hydrogen) atoms. The Labute approximate surface area is 125 Å². The van der Waals surface area contributed by atoms with Gasteiger partial charge < -0.3 is 9.47 Å². The first-order valence-electron chi connectivity index (χ1n) is 6.11. The van der Waals surface area contributed by atoms with Crippen molar-refractivity contribution in [3.8, 4) is 5.75 Å². The Bertz CT molecular complexity index is 637. The third-order valence-corrected chi connectivity index (χ3v) is 3.40. The maximum absolute atomic E-state index is 11.7. The van der Waals surface area contributed by atoms with Crippen molar-refractivity contribution in [3.05, 3.63) is 40.9 Å². The zero-order valence-corrected chi connectivity index (χ0v) is 12.4. The van der Waals surface area contributed by atoms with Crippen LogP contribution in [0.5, 0.6) is 5.75 Å². The molecule has 0 unspecified atom stereocenters. The highest BCUT2D eigenvalue weighted by atomic mass is 32.1. The smallest absolute Gasteiger partial charge is 0.338 e. The Kier molecular flexibility index (Phi) is 4.89. The molecule has 7 heteroatoms. The molecule has 0 aliphatic carbocycles. The first kappa shape index (κ1) is 15.0. The van der Waals surface area contributed by atoms with Crippen molar-refractivity contribution in [3.63, 3.8) is 0 Å². The van der Waals surface area contributed by atoms with Crippen molar-refractivity contribution in [2.24, 2.45) is 0 Å². The van der Waals surface area contributed by atoms with Crippen molar-refractivity contribution in [2.75, 3.05) is 19.0 Å². The number of methoxy groups -OCH3 is 1. The molecule has 0 fully saturated rings. The minimum absolute atomic E-state index is 0.355. The van der Waals surface area contributed by atoms with Gasteiger partial charge in [-0.15, -0.1) is 11.3 Å². The molecule has 0 aliphatic heterocycles. The van der Waals surface area contributed by atoms with Gasteiger partial charge in [0.25, 0.3) is 5.91 Å². The Morgan fingerprint density at radius 2 is 2.00 bits per heavy atom. The molecule has 0 spiro atoms. The number of esters is 1. The van der Waals surface area contributed by atoms with Gasteiger partial charge in [0.2, 0.25) is 0 Å². The van der Waals surface area contributed by atoms with Crippen LogP contribution in [0.3, 0.4) is 0 Å². The number of nitrogens with zero attached hydrogens (tertiary/aromatic N) is 1. The van der Waals surface area contributed by atoms with Gasteiger partial charge in [0.15, 0.2) is 11.7 Å². The van der Waals surface area contributed by atoms with Gasteiger partial charge in [-0.3, -0.25) is 10.1 Å². The van der Waals surface area contributed by atoms with Crippen molar-refractivity contribution < 1.29 is 19.1 Å². The van der Waals surface area contributed by atoms with Gasteiger partial charge in [0.05, 0.1) is 18.4 Å². The summed E-state index contributed by atoms with van der Waals surface area (Å²) in [5.74, 6) is -0.349. The zero-order valence-electron chi connectivity index (χ0n) is 11.6. The van der Waals surface area contributed by atoms with E-state index < -0.39 is 11.9 Å². The highest BCUT2D eigenvalue weighted by molar-refractivity contribution is 7.13. The van der Waals surface area contributed by atoms with E-state index in [2.05, 4.69) is 10.3 Å². The topological polar surface area (TPSA) is 77.5 Å². The van der Waals surface area contributed by atoms with Crippen molar-refractivity contribution in [1.82, 2.24) is 4.98 Å². The number of nitrogens with one attached hydrogen (secondary N) is 1. The molecule has 0 aliphatic rings. The average Bonchev–Trinajstić information content (AvgIpc) is 2.90. The standard InChI is InChI=1S/C14H14N2O4S/c1-9-8-21-14(15-9)16-12(17)7-20-13(18)10-3-5-11(19-2)6-4-10/h3-6,8H,7H2,1-2H3,(H,15,16,17). The van der Waals surface area contributed by atoms with E-state index in [1.807, 2.05) is 12.3 Å². The first-order valence-corrected chi connectivity index (χ1v) is 6.99. The second-order valence-corrected chi connectivity index (χ2v) is 5.00. The number of rotatable bonds is 5. The molecule has 1 aromatic carbocycles. The van der Waals surface area contributed by atoms with Gasteiger partial charge in [0.1, 0.15) is 5.75 Å². The SMILES string of the molecule is COc1ccc(C(=O)OCC(=O)Nc2nc(C)cs2)cc1. The molecule has 1 aromatic heterocycles. The minimum atomic E-state index is -0.567. The highest BCUT2D eigenvalue weighted by Crippen LogP contribution is 2.14. The van der Waals surface area contributed by atoms with Crippen molar-refractivity contribution in [1.29, 1.82) is 0 Å². The van der Waals surface area contributed by atoms with Crippen LogP contribution in [0.15, 0.2) is 29.6 Å². The lowest BCUT2D eigenvalue weighted by molar-refractivity contribution is -0.119. The molecule has 0 radical (unpaired) electrons. The van der Waals surface area contributed by atoms with Gasteiger partial charge in [0, 0.05) is 5.38 Å². The van der Waals surface area contributed by atoms with Gasteiger partial charge in [-0.25, -0.2) is 9.78 Å². The number of amides is 1. The molecule has 0 saturated carbocycles. The number of thiazole rings is 1. The molecule has 0 bridgehead atoms. The Hall–Kier alpha value is -2.41. The van der Waals surface area contributed by atoms with Crippen LogP contribution in [-0.4, -0.2) is 30.6 Å². The monoisotopic (exact) mass is 306 g/mol. The zero-order chi connectivity index (χ0) is 15.2. The van der Waals surface area contributed by atoms with E-state index in [4.69, 9.17) is 9.47 Å². The number of aryl methyl sites for hydroxylation is 1. The van der Waals surface area contributed by atoms with E-state index in [1.165, 1.54) is 18.4 Å². The van der Waals surface area contributed by atoms with Crippen LogP contribution < -0.4 is 10.1 Å². The van der Waals surface area contributed by atoms with Crippen LogP contribution in [0.4, 0.5) is 5.13 Å². The fourth-order valence-electron chi connectivity index (χ4n) is 1.51. The molecule has 1 amide bonds. The van der Waals surface area contributed by atoms with E-state index in [-0.39, 0.29) is 6.61 Å². The third-order valence-electron chi connectivity index (χ3n) is 2.53. The van der Waals surface area contributed by atoms with Crippen LogP contribution in [0, 0.1) is 6.92 Å².